The number of carbonyl (C=O) groups excluding carboxylic acids is 1. The smallest absolute Gasteiger partial charge is 0.324 e. The zero-order chi connectivity index (χ0) is 22.3. The number of hydrogen-bond donors (Lipinski definition) is 1. The summed E-state index contributed by atoms with van der Waals surface area (Å²) in [7, 11) is 0. The molecule has 6 nitrogen and oxygen atoms in total. The van der Waals surface area contributed by atoms with Gasteiger partial charge in [-0.15, -0.1) is 11.3 Å². The van der Waals surface area contributed by atoms with Crippen molar-refractivity contribution >= 4 is 33.1 Å². The first kappa shape index (κ1) is 20.8. The van der Waals surface area contributed by atoms with Crippen molar-refractivity contribution < 1.29 is 4.79 Å². The molecule has 0 aliphatic heterocycles. The summed E-state index contributed by atoms with van der Waals surface area (Å²) < 4.78 is 2.97. The Balaban J connectivity index is 1.82. The minimum Gasteiger partial charge on any atom is -0.324 e. The van der Waals surface area contributed by atoms with Crippen LogP contribution in [-0.2, 0) is 11.3 Å². The minimum atomic E-state index is -0.531. The van der Waals surface area contributed by atoms with Crippen LogP contribution in [0.2, 0.25) is 0 Å². The molecular weight excluding hydrogens is 410 g/mol. The highest BCUT2D eigenvalue weighted by atomic mass is 32.1. The molecule has 1 amide bonds. The maximum atomic E-state index is 13.4. The van der Waals surface area contributed by atoms with Gasteiger partial charge in [0, 0.05) is 5.69 Å². The summed E-state index contributed by atoms with van der Waals surface area (Å²) in [5.74, 6) is -0.325. The van der Waals surface area contributed by atoms with E-state index in [1.807, 2.05) is 52.0 Å². The number of fused-ring (bicyclic) bond motifs is 1. The van der Waals surface area contributed by atoms with Crippen LogP contribution >= 0.6 is 11.3 Å². The van der Waals surface area contributed by atoms with Gasteiger partial charge in [0.05, 0.1) is 11.2 Å². The third-order valence-electron chi connectivity index (χ3n) is 5.40. The first-order valence-electron chi connectivity index (χ1n) is 9.94. The lowest BCUT2D eigenvalue weighted by Crippen LogP contribution is -2.40. The normalized spacial score (nSPS) is 11.1. The number of hydrogen-bond acceptors (Lipinski definition) is 4. The van der Waals surface area contributed by atoms with Gasteiger partial charge >= 0.3 is 5.69 Å². The van der Waals surface area contributed by atoms with Crippen LogP contribution in [0, 0.1) is 27.7 Å². The summed E-state index contributed by atoms with van der Waals surface area (Å²) in [5, 5.41) is 4.65. The predicted octanol–water partition coefficient (Wildman–Crippen LogP) is 4.09. The van der Waals surface area contributed by atoms with Crippen LogP contribution in [0.25, 0.3) is 15.9 Å². The molecule has 0 aliphatic carbocycles. The molecule has 0 aliphatic rings. The van der Waals surface area contributed by atoms with Crippen molar-refractivity contribution in [3.05, 3.63) is 90.9 Å². The highest BCUT2D eigenvalue weighted by Gasteiger charge is 2.18. The van der Waals surface area contributed by atoms with Gasteiger partial charge < -0.3 is 5.32 Å². The van der Waals surface area contributed by atoms with E-state index in [4.69, 9.17) is 0 Å². The van der Waals surface area contributed by atoms with Crippen molar-refractivity contribution in [2.24, 2.45) is 0 Å². The topological polar surface area (TPSA) is 73.1 Å². The minimum absolute atomic E-state index is 0.190. The second-order valence-electron chi connectivity index (χ2n) is 7.79. The fraction of sp³-hybridized carbons (Fsp3) is 0.208. The first-order valence-corrected chi connectivity index (χ1v) is 10.8. The molecule has 0 spiro atoms. The fourth-order valence-electron chi connectivity index (χ4n) is 3.77. The van der Waals surface area contributed by atoms with Gasteiger partial charge in [0.15, 0.2) is 0 Å². The Kier molecular flexibility index (Phi) is 5.37. The number of amides is 1. The van der Waals surface area contributed by atoms with E-state index in [1.165, 1.54) is 15.9 Å². The summed E-state index contributed by atoms with van der Waals surface area (Å²) in [6, 6.07) is 13.0. The number of aryl methyl sites for hydroxylation is 3. The highest BCUT2D eigenvalue weighted by Crippen LogP contribution is 2.20. The maximum absolute atomic E-state index is 13.4. The Bertz CT molecular complexity index is 1420. The molecule has 0 bridgehead atoms. The third-order valence-corrected chi connectivity index (χ3v) is 6.29. The molecule has 0 atom stereocenters. The summed E-state index contributed by atoms with van der Waals surface area (Å²) >= 11 is 1.26. The molecular formula is C24H23N3O3S. The van der Waals surface area contributed by atoms with E-state index in [-0.39, 0.29) is 18.0 Å². The number of aromatic nitrogens is 2. The van der Waals surface area contributed by atoms with Gasteiger partial charge in [-0.1, -0.05) is 18.2 Å². The van der Waals surface area contributed by atoms with E-state index >= 15 is 0 Å². The Labute approximate surface area is 183 Å². The molecule has 0 saturated carbocycles. The SMILES string of the molecule is Cc1cc(C)cc(-n2c(=O)c3sccc3n(CC(=O)Nc3cccc(C)c3C)c2=O)c1. The molecule has 0 fully saturated rings. The maximum Gasteiger partial charge on any atom is 0.336 e. The van der Waals surface area contributed by atoms with Gasteiger partial charge in [0.1, 0.15) is 11.2 Å². The van der Waals surface area contributed by atoms with Crippen LogP contribution in [0.15, 0.2) is 57.4 Å². The number of nitrogens with zero attached hydrogens (tertiary/aromatic N) is 2. The molecule has 2 aromatic carbocycles. The van der Waals surface area contributed by atoms with E-state index in [0.717, 1.165) is 26.8 Å². The molecule has 1 N–H and O–H groups in total. The van der Waals surface area contributed by atoms with Crippen LogP contribution in [0.5, 0.6) is 0 Å². The summed E-state index contributed by atoms with van der Waals surface area (Å²) in [5.41, 5.74) is 4.73. The van der Waals surface area contributed by atoms with Crippen LogP contribution in [0.4, 0.5) is 5.69 Å². The summed E-state index contributed by atoms with van der Waals surface area (Å²) in [6.45, 7) is 7.56. The van der Waals surface area contributed by atoms with Gasteiger partial charge in [0.25, 0.3) is 5.56 Å². The third kappa shape index (κ3) is 3.84. The second-order valence-corrected chi connectivity index (χ2v) is 8.70. The van der Waals surface area contributed by atoms with Gasteiger partial charge in [-0.05, 0) is 79.6 Å². The van der Waals surface area contributed by atoms with Crippen LogP contribution < -0.4 is 16.6 Å². The first-order chi connectivity index (χ1) is 14.8. The van der Waals surface area contributed by atoms with Crippen LogP contribution in [0.3, 0.4) is 0 Å². The molecule has 31 heavy (non-hydrogen) atoms. The molecule has 4 aromatic rings. The van der Waals surface area contributed by atoms with Crippen molar-refractivity contribution in [2.45, 2.75) is 34.2 Å². The number of anilines is 1. The van der Waals surface area contributed by atoms with Gasteiger partial charge in [-0.25, -0.2) is 9.36 Å². The van der Waals surface area contributed by atoms with Crippen molar-refractivity contribution in [2.75, 3.05) is 5.32 Å². The summed E-state index contributed by atoms with van der Waals surface area (Å²) in [4.78, 5) is 39.3. The molecule has 158 valence electrons. The standard InChI is InChI=1S/C24H23N3O3S/c1-14-10-15(2)12-18(11-14)27-23(29)22-20(8-9-31-22)26(24(27)30)13-21(28)25-19-7-5-6-16(3)17(19)4/h5-12H,13H2,1-4H3,(H,25,28). The molecule has 7 heteroatoms. The monoisotopic (exact) mass is 433 g/mol. The quantitative estimate of drug-likeness (QED) is 0.527. The van der Waals surface area contributed by atoms with Crippen molar-refractivity contribution in [1.82, 2.24) is 9.13 Å². The number of rotatable bonds is 4. The van der Waals surface area contributed by atoms with Gasteiger partial charge in [0.2, 0.25) is 5.91 Å². The lowest BCUT2D eigenvalue weighted by atomic mass is 10.1. The van der Waals surface area contributed by atoms with Crippen LogP contribution in [0.1, 0.15) is 22.3 Å². The number of benzene rings is 2. The lowest BCUT2D eigenvalue weighted by molar-refractivity contribution is -0.116. The highest BCUT2D eigenvalue weighted by molar-refractivity contribution is 7.17. The predicted molar refractivity (Wildman–Crippen MR) is 126 cm³/mol. The average molecular weight is 434 g/mol. The Morgan fingerprint density at radius 3 is 2.42 bits per heavy atom. The van der Waals surface area contributed by atoms with Gasteiger partial charge in [-0.2, -0.15) is 0 Å². The Morgan fingerprint density at radius 1 is 1.00 bits per heavy atom. The molecule has 0 unspecified atom stereocenters. The fourth-order valence-corrected chi connectivity index (χ4v) is 4.59. The van der Waals surface area contributed by atoms with E-state index in [1.54, 1.807) is 23.6 Å². The number of nitrogens with one attached hydrogen (secondary N) is 1. The zero-order valence-electron chi connectivity index (χ0n) is 17.9. The molecule has 0 saturated heterocycles. The molecule has 2 heterocycles. The second kappa shape index (κ2) is 8.00. The Hall–Kier alpha value is -3.45. The summed E-state index contributed by atoms with van der Waals surface area (Å²) in [6.07, 6.45) is 0. The van der Waals surface area contributed by atoms with E-state index in [0.29, 0.717) is 21.6 Å². The molecule has 4 rings (SSSR count). The van der Waals surface area contributed by atoms with E-state index in [9.17, 15) is 14.4 Å². The number of carbonyl (C=O) groups is 1. The van der Waals surface area contributed by atoms with Crippen LogP contribution in [-0.4, -0.2) is 15.0 Å². The lowest BCUT2D eigenvalue weighted by Gasteiger charge is -2.14. The Morgan fingerprint density at radius 2 is 1.71 bits per heavy atom. The van der Waals surface area contributed by atoms with E-state index in [2.05, 4.69) is 5.32 Å². The van der Waals surface area contributed by atoms with Gasteiger partial charge in [-0.3, -0.25) is 14.2 Å². The van der Waals surface area contributed by atoms with Crippen molar-refractivity contribution in [1.29, 1.82) is 0 Å². The van der Waals surface area contributed by atoms with Crippen molar-refractivity contribution in [3.8, 4) is 5.69 Å². The largest absolute Gasteiger partial charge is 0.336 e. The average Bonchev–Trinajstić information content (AvgIpc) is 3.18. The molecule has 0 radical (unpaired) electrons. The zero-order valence-corrected chi connectivity index (χ0v) is 18.7. The molecule has 2 aromatic heterocycles. The van der Waals surface area contributed by atoms with Crippen molar-refractivity contribution in [3.63, 3.8) is 0 Å². The van der Waals surface area contributed by atoms with E-state index < -0.39 is 5.69 Å². The number of thiophene rings is 1.